The number of aromatic nitrogens is 2. The first kappa shape index (κ1) is 16.7. The van der Waals surface area contributed by atoms with Gasteiger partial charge in [0.05, 0.1) is 28.6 Å². The van der Waals surface area contributed by atoms with E-state index in [1.54, 1.807) is 23.7 Å². The number of carboxylic acids is 1. The van der Waals surface area contributed by atoms with Crippen LogP contribution in [0.15, 0.2) is 24.4 Å². The van der Waals surface area contributed by atoms with Gasteiger partial charge in [-0.2, -0.15) is 5.10 Å². The van der Waals surface area contributed by atoms with Crippen molar-refractivity contribution >= 4 is 17.6 Å². The predicted octanol–water partition coefficient (Wildman–Crippen LogP) is 3.21. The van der Waals surface area contributed by atoms with E-state index in [1.807, 2.05) is 27.7 Å². The van der Waals surface area contributed by atoms with Gasteiger partial charge in [0.1, 0.15) is 0 Å². The van der Waals surface area contributed by atoms with Crippen molar-refractivity contribution in [2.75, 3.05) is 5.32 Å². The highest BCUT2D eigenvalue weighted by Crippen LogP contribution is 2.21. The SMILES string of the molecule is Cc1ccc(NC(=O)c2cnn(C(C)(C)C)c2C)c(C(=O)O)c1. The predicted molar refractivity (Wildman–Crippen MR) is 88.1 cm³/mol. The van der Waals surface area contributed by atoms with Crippen LogP contribution in [0.4, 0.5) is 5.69 Å². The average molecular weight is 315 g/mol. The first-order valence-electron chi connectivity index (χ1n) is 7.31. The molecule has 1 aromatic heterocycles. The number of rotatable bonds is 3. The minimum atomic E-state index is -1.08. The maximum atomic E-state index is 12.5. The second kappa shape index (κ2) is 5.87. The second-order valence-corrected chi connectivity index (χ2v) is 6.53. The third kappa shape index (κ3) is 3.41. The molecule has 122 valence electrons. The Morgan fingerprint density at radius 1 is 1.17 bits per heavy atom. The largest absolute Gasteiger partial charge is 0.478 e. The maximum Gasteiger partial charge on any atom is 0.337 e. The Balaban J connectivity index is 2.34. The lowest BCUT2D eigenvalue weighted by molar-refractivity contribution is 0.0698. The zero-order valence-corrected chi connectivity index (χ0v) is 14.0. The van der Waals surface area contributed by atoms with Gasteiger partial charge in [-0.05, 0) is 46.8 Å². The van der Waals surface area contributed by atoms with Crippen molar-refractivity contribution in [3.05, 3.63) is 46.8 Å². The van der Waals surface area contributed by atoms with Crippen LogP contribution >= 0.6 is 0 Å². The molecule has 0 saturated heterocycles. The number of nitrogens with zero attached hydrogens (tertiary/aromatic N) is 2. The number of benzene rings is 1. The maximum absolute atomic E-state index is 12.5. The summed E-state index contributed by atoms with van der Waals surface area (Å²) >= 11 is 0. The quantitative estimate of drug-likeness (QED) is 0.911. The molecule has 2 N–H and O–H groups in total. The van der Waals surface area contributed by atoms with Crippen LogP contribution in [0.3, 0.4) is 0 Å². The van der Waals surface area contributed by atoms with E-state index in [2.05, 4.69) is 10.4 Å². The first-order valence-corrected chi connectivity index (χ1v) is 7.31. The summed E-state index contributed by atoms with van der Waals surface area (Å²) in [5.41, 5.74) is 2.08. The highest BCUT2D eigenvalue weighted by molar-refractivity contribution is 6.08. The molecule has 23 heavy (non-hydrogen) atoms. The van der Waals surface area contributed by atoms with E-state index in [0.717, 1.165) is 11.3 Å². The van der Waals surface area contributed by atoms with E-state index >= 15 is 0 Å². The number of carboxylic acid groups (broad SMARTS) is 1. The van der Waals surface area contributed by atoms with Crippen LogP contribution in [0.5, 0.6) is 0 Å². The lowest BCUT2D eigenvalue weighted by Gasteiger charge is -2.21. The number of amides is 1. The third-order valence-corrected chi connectivity index (χ3v) is 3.54. The second-order valence-electron chi connectivity index (χ2n) is 6.53. The van der Waals surface area contributed by atoms with Crippen molar-refractivity contribution < 1.29 is 14.7 Å². The van der Waals surface area contributed by atoms with Gasteiger partial charge >= 0.3 is 5.97 Å². The third-order valence-electron chi connectivity index (χ3n) is 3.54. The van der Waals surface area contributed by atoms with Crippen LogP contribution < -0.4 is 5.32 Å². The normalized spacial score (nSPS) is 11.3. The van der Waals surface area contributed by atoms with Crippen LogP contribution in [0.1, 0.15) is 52.7 Å². The van der Waals surface area contributed by atoms with Gasteiger partial charge in [-0.15, -0.1) is 0 Å². The highest BCUT2D eigenvalue weighted by atomic mass is 16.4. The number of hydrogen-bond donors (Lipinski definition) is 2. The molecule has 0 unspecified atom stereocenters. The fourth-order valence-electron chi connectivity index (χ4n) is 2.44. The van der Waals surface area contributed by atoms with Gasteiger partial charge < -0.3 is 10.4 Å². The topological polar surface area (TPSA) is 84.2 Å². The van der Waals surface area contributed by atoms with E-state index in [-0.39, 0.29) is 22.7 Å². The van der Waals surface area contributed by atoms with E-state index in [9.17, 15) is 14.7 Å². The van der Waals surface area contributed by atoms with Gasteiger partial charge in [0.15, 0.2) is 0 Å². The molecule has 1 amide bonds. The van der Waals surface area contributed by atoms with Crippen molar-refractivity contribution in [3.8, 4) is 0 Å². The number of anilines is 1. The number of aryl methyl sites for hydroxylation is 1. The fourth-order valence-corrected chi connectivity index (χ4v) is 2.44. The molecule has 0 aliphatic carbocycles. The number of aromatic carboxylic acids is 1. The van der Waals surface area contributed by atoms with Crippen LogP contribution in [0.25, 0.3) is 0 Å². The molecule has 0 aliphatic heterocycles. The van der Waals surface area contributed by atoms with E-state index in [0.29, 0.717) is 5.56 Å². The summed E-state index contributed by atoms with van der Waals surface area (Å²) in [4.78, 5) is 23.8. The van der Waals surface area contributed by atoms with Crippen LogP contribution in [0, 0.1) is 13.8 Å². The minimum Gasteiger partial charge on any atom is -0.478 e. The summed E-state index contributed by atoms with van der Waals surface area (Å²) in [7, 11) is 0. The van der Waals surface area contributed by atoms with Crippen molar-refractivity contribution in [2.24, 2.45) is 0 Å². The van der Waals surface area contributed by atoms with Gasteiger partial charge in [0.2, 0.25) is 0 Å². The van der Waals surface area contributed by atoms with Gasteiger partial charge in [0, 0.05) is 5.69 Å². The molecule has 0 radical (unpaired) electrons. The zero-order valence-electron chi connectivity index (χ0n) is 14.0. The molecule has 6 heteroatoms. The Bertz CT molecular complexity index is 770. The van der Waals surface area contributed by atoms with Crippen LogP contribution in [-0.2, 0) is 5.54 Å². The summed E-state index contributed by atoms with van der Waals surface area (Å²) in [6.07, 6.45) is 1.50. The Labute approximate surface area is 135 Å². The molecule has 0 aliphatic rings. The minimum absolute atomic E-state index is 0.0687. The number of carbonyl (C=O) groups is 2. The standard InChI is InChI=1S/C17H21N3O3/c1-10-6-7-14(12(8-10)16(22)23)19-15(21)13-9-18-20(11(13)2)17(3,4)5/h6-9H,1-5H3,(H,19,21)(H,22,23). The van der Waals surface area contributed by atoms with E-state index in [1.165, 1.54) is 12.3 Å². The molecule has 1 heterocycles. The summed E-state index contributed by atoms with van der Waals surface area (Å²) in [5, 5.41) is 16.2. The summed E-state index contributed by atoms with van der Waals surface area (Å²) < 4.78 is 1.77. The number of hydrogen-bond acceptors (Lipinski definition) is 3. The van der Waals surface area contributed by atoms with Crippen molar-refractivity contribution in [1.82, 2.24) is 9.78 Å². The Morgan fingerprint density at radius 3 is 2.35 bits per heavy atom. The molecule has 2 rings (SSSR count). The van der Waals surface area contributed by atoms with E-state index in [4.69, 9.17) is 0 Å². The van der Waals surface area contributed by atoms with Gasteiger partial charge in [-0.3, -0.25) is 9.48 Å². The zero-order chi connectivity index (χ0) is 17.4. The molecular formula is C17H21N3O3. The Hall–Kier alpha value is -2.63. The Morgan fingerprint density at radius 2 is 1.83 bits per heavy atom. The molecule has 0 atom stereocenters. The van der Waals surface area contributed by atoms with Gasteiger partial charge in [0.25, 0.3) is 5.91 Å². The molecule has 0 fully saturated rings. The lowest BCUT2D eigenvalue weighted by Crippen LogP contribution is -2.25. The highest BCUT2D eigenvalue weighted by Gasteiger charge is 2.22. The Kier molecular flexibility index (Phi) is 4.27. The molecule has 6 nitrogen and oxygen atoms in total. The molecule has 0 spiro atoms. The van der Waals surface area contributed by atoms with Gasteiger partial charge in [-0.25, -0.2) is 4.79 Å². The molecule has 1 aromatic carbocycles. The molecule has 2 aromatic rings. The molecular weight excluding hydrogens is 294 g/mol. The van der Waals surface area contributed by atoms with Crippen LogP contribution in [-0.4, -0.2) is 26.8 Å². The summed E-state index contributed by atoms with van der Waals surface area (Å²) in [6, 6.07) is 4.89. The van der Waals surface area contributed by atoms with Crippen LogP contribution in [0.2, 0.25) is 0 Å². The van der Waals surface area contributed by atoms with Crippen molar-refractivity contribution in [1.29, 1.82) is 0 Å². The molecule has 0 saturated carbocycles. The summed E-state index contributed by atoms with van der Waals surface area (Å²) in [5.74, 6) is -1.45. The summed E-state index contributed by atoms with van der Waals surface area (Å²) in [6.45, 7) is 9.61. The average Bonchev–Trinajstić information content (AvgIpc) is 2.82. The van der Waals surface area contributed by atoms with Gasteiger partial charge in [-0.1, -0.05) is 11.6 Å². The van der Waals surface area contributed by atoms with Crippen molar-refractivity contribution in [3.63, 3.8) is 0 Å². The first-order chi connectivity index (χ1) is 10.6. The monoisotopic (exact) mass is 315 g/mol. The number of nitrogens with one attached hydrogen (secondary N) is 1. The lowest BCUT2D eigenvalue weighted by atomic mass is 10.1. The smallest absolute Gasteiger partial charge is 0.337 e. The van der Waals surface area contributed by atoms with Crippen molar-refractivity contribution in [2.45, 2.75) is 40.2 Å². The number of carbonyl (C=O) groups excluding carboxylic acids is 1. The van der Waals surface area contributed by atoms with E-state index < -0.39 is 5.97 Å². The molecule has 0 bridgehead atoms. The fraction of sp³-hybridized carbons (Fsp3) is 0.353.